The molecule has 19 heavy (non-hydrogen) atoms. The molecule has 0 amide bonds. The van der Waals surface area contributed by atoms with Crippen molar-refractivity contribution in [2.45, 2.75) is 13.5 Å². The lowest BCUT2D eigenvalue weighted by atomic mass is 10.3. The van der Waals surface area contributed by atoms with E-state index < -0.39 is 4.92 Å². The Morgan fingerprint density at radius 2 is 2.42 bits per heavy atom. The minimum Gasteiger partial charge on any atom is -0.418 e. The van der Waals surface area contributed by atoms with Crippen molar-refractivity contribution in [1.29, 1.82) is 5.26 Å². The predicted molar refractivity (Wildman–Crippen MR) is 63.6 cm³/mol. The predicted octanol–water partition coefficient (Wildman–Crippen LogP) is 1.87. The summed E-state index contributed by atoms with van der Waals surface area (Å²) in [5.41, 5.74) is -0.275. The third kappa shape index (κ3) is 2.66. The molecular formula is C11H9N5O3. The highest BCUT2D eigenvalue weighted by Crippen LogP contribution is 2.24. The molecule has 0 aliphatic heterocycles. The Labute approximate surface area is 108 Å². The van der Waals surface area contributed by atoms with Crippen molar-refractivity contribution < 1.29 is 9.66 Å². The first-order valence-electron chi connectivity index (χ1n) is 5.40. The molecule has 0 unspecified atom stereocenters. The first-order chi connectivity index (χ1) is 9.13. The van der Waals surface area contributed by atoms with Crippen LogP contribution in [0, 0.1) is 21.4 Å². The van der Waals surface area contributed by atoms with Gasteiger partial charge in [-0.25, -0.2) is 4.98 Å². The molecule has 0 saturated heterocycles. The van der Waals surface area contributed by atoms with Crippen molar-refractivity contribution in [2.75, 3.05) is 0 Å². The molecule has 0 spiro atoms. The zero-order valence-corrected chi connectivity index (χ0v) is 9.98. The summed E-state index contributed by atoms with van der Waals surface area (Å²) >= 11 is 0. The number of aromatic nitrogens is 3. The highest BCUT2D eigenvalue weighted by molar-refractivity contribution is 5.45. The van der Waals surface area contributed by atoms with Gasteiger partial charge in [-0.05, 0) is 6.92 Å². The highest BCUT2D eigenvalue weighted by Gasteiger charge is 2.14. The lowest BCUT2D eigenvalue weighted by molar-refractivity contribution is -0.385. The number of nitro groups is 1. The van der Waals surface area contributed by atoms with Crippen LogP contribution in [-0.4, -0.2) is 19.7 Å². The van der Waals surface area contributed by atoms with Crippen LogP contribution in [0.5, 0.6) is 11.8 Å². The van der Waals surface area contributed by atoms with Gasteiger partial charge in [-0.15, -0.1) is 5.10 Å². The maximum absolute atomic E-state index is 10.6. The van der Waals surface area contributed by atoms with E-state index in [1.807, 2.05) is 6.92 Å². The Balaban J connectivity index is 2.30. The number of rotatable bonds is 4. The van der Waals surface area contributed by atoms with E-state index in [1.54, 1.807) is 23.0 Å². The van der Waals surface area contributed by atoms with Gasteiger partial charge in [-0.2, -0.15) is 5.26 Å². The van der Waals surface area contributed by atoms with Crippen LogP contribution >= 0.6 is 0 Å². The minimum absolute atomic E-state index is 0.00514. The van der Waals surface area contributed by atoms with Crippen LogP contribution in [0.25, 0.3) is 0 Å². The van der Waals surface area contributed by atoms with Crippen molar-refractivity contribution in [2.24, 2.45) is 0 Å². The Morgan fingerprint density at radius 3 is 3.00 bits per heavy atom. The fourth-order valence-corrected chi connectivity index (χ4v) is 1.38. The quantitative estimate of drug-likeness (QED) is 0.612. The molecule has 0 saturated carbocycles. The summed E-state index contributed by atoms with van der Waals surface area (Å²) in [6.07, 6.45) is 2.75. The van der Waals surface area contributed by atoms with E-state index in [-0.39, 0.29) is 23.0 Å². The second-order valence-electron chi connectivity index (χ2n) is 3.53. The van der Waals surface area contributed by atoms with Gasteiger partial charge in [0.25, 0.3) is 5.69 Å². The molecule has 2 heterocycles. The number of hydrogen-bond donors (Lipinski definition) is 0. The van der Waals surface area contributed by atoms with E-state index in [2.05, 4.69) is 10.1 Å². The molecule has 0 aromatic carbocycles. The maximum atomic E-state index is 10.6. The number of aryl methyl sites for hydroxylation is 1. The largest absolute Gasteiger partial charge is 0.418 e. The molecule has 0 bridgehead atoms. The summed E-state index contributed by atoms with van der Waals surface area (Å²) in [4.78, 5) is 13.7. The SMILES string of the molecule is CCn1ccc(Oc2ncc([N+](=O)[O-])cc2C#N)n1. The monoisotopic (exact) mass is 259 g/mol. The van der Waals surface area contributed by atoms with Crippen LogP contribution < -0.4 is 4.74 Å². The molecule has 0 radical (unpaired) electrons. The van der Waals surface area contributed by atoms with Gasteiger partial charge in [-0.3, -0.25) is 14.8 Å². The summed E-state index contributed by atoms with van der Waals surface area (Å²) < 4.78 is 6.98. The molecule has 0 aliphatic carbocycles. The van der Waals surface area contributed by atoms with Crippen molar-refractivity contribution in [3.63, 3.8) is 0 Å². The van der Waals surface area contributed by atoms with Crippen molar-refractivity contribution in [3.8, 4) is 17.8 Å². The molecule has 8 heteroatoms. The summed E-state index contributed by atoms with van der Waals surface area (Å²) in [5, 5.41) is 23.6. The van der Waals surface area contributed by atoms with E-state index >= 15 is 0 Å². The second-order valence-corrected chi connectivity index (χ2v) is 3.53. The number of pyridine rings is 1. The first kappa shape index (κ1) is 12.5. The molecule has 2 aromatic heterocycles. The molecule has 96 valence electrons. The fourth-order valence-electron chi connectivity index (χ4n) is 1.38. The molecule has 2 rings (SSSR count). The number of ether oxygens (including phenoxy) is 1. The molecular weight excluding hydrogens is 250 g/mol. The average molecular weight is 259 g/mol. The number of hydrogen-bond acceptors (Lipinski definition) is 6. The van der Waals surface area contributed by atoms with Gasteiger partial charge >= 0.3 is 0 Å². The molecule has 8 nitrogen and oxygen atoms in total. The standard InChI is InChI=1S/C11H9N5O3/c1-2-15-4-3-10(14-15)19-11-8(6-12)5-9(7-13-11)16(17)18/h3-5,7H,2H2,1H3. The molecule has 0 N–H and O–H groups in total. The fraction of sp³-hybridized carbons (Fsp3) is 0.182. The lowest BCUT2D eigenvalue weighted by Crippen LogP contribution is -1.97. The summed E-state index contributed by atoms with van der Waals surface area (Å²) in [5.74, 6) is 0.272. The first-order valence-corrected chi connectivity index (χ1v) is 5.40. The molecule has 0 aliphatic rings. The van der Waals surface area contributed by atoms with Crippen LogP contribution in [0.2, 0.25) is 0 Å². The van der Waals surface area contributed by atoms with Crippen molar-refractivity contribution in [3.05, 3.63) is 40.2 Å². The second kappa shape index (κ2) is 5.14. The van der Waals surface area contributed by atoms with Crippen molar-refractivity contribution in [1.82, 2.24) is 14.8 Å². The third-order valence-corrected chi connectivity index (χ3v) is 2.31. The van der Waals surface area contributed by atoms with Crippen LogP contribution in [0.3, 0.4) is 0 Å². The van der Waals surface area contributed by atoms with Gasteiger partial charge in [0.1, 0.15) is 17.8 Å². The molecule has 2 aromatic rings. The zero-order valence-electron chi connectivity index (χ0n) is 9.98. The van der Waals surface area contributed by atoms with E-state index in [4.69, 9.17) is 10.00 Å². The van der Waals surface area contributed by atoms with Gasteiger partial charge in [0.05, 0.1) is 4.92 Å². The van der Waals surface area contributed by atoms with E-state index in [0.717, 1.165) is 12.3 Å². The Hall–Kier alpha value is -2.95. The third-order valence-electron chi connectivity index (χ3n) is 2.31. The summed E-state index contributed by atoms with van der Waals surface area (Å²) in [6.45, 7) is 2.60. The maximum Gasteiger partial charge on any atom is 0.289 e. The van der Waals surface area contributed by atoms with Crippen molar-refractivity contribution >= 4 is 5.69 Å². The topological polar surface area (TPSA) is 107 Å². The minimum atomic E-state index is -0.622. The van der Waals surface area contributed by atoms with Crippen LogP contribution in [0.1, 0.15) is 12.5 Å². The zero-order chi connectivity index (χ0) is 13.8. The van der Waals surface area contributed by atoms with Gasteiger partial charge in [0.2, 0.25) is 11.8 Å². The van der Waals surface area contributed by atoms with E-state index in [9.17, 15) is 10.1 Å². The van der Waals surface area contributed by atoms with Gasteiger partial charge in [-0.1, -0.05) is 0 Å². The van der Waals surface area contributed by atoms with Gasteiger partial charge in [0.15, 0.2) is 0 Å². The Morgan fingerprint density at radius 1 is 1.63 bits per heavy atom. The van der Waals surface area contributed by atoms with E-state index in [1.165, 1.54) is 0 Å². The number of nitrogens with zero attached hydrogens (tertiary/aromatic N) is 5. The Bertz CT molecular complexity index is 659. The smallest absolute Gasteiger partial charge is 0.289 e. The number of nitriles is 1. The van der Waals surface area contributed by atoms with Crippen LogP contribution in [0.15, 0.2) is 24.5 Å². The highest BCUT2D eigenvalue weighted by atomic mass is 16.6. The summed E-state index contributed by atoms with van der Waals surface area (Å²) in [7, 11) is 0. The van der Waals surface area contributed by atoms with E-state index in [0.29, 0.717) is 6.54 Å². The van der Waals surface area contributed by atoms with Crippen LogP contribution in [-0.2, 0) is 6.54 Å². The lowest BCUT2D eigenvalue weighted by Gasteiger charge is -2.02. The molecule has 0 atom stereocenters. The average Bonchev–Trinajstić information content (AvgIpc) is 2.86. The van der Waals surface area contributed by atoms with Gasteiger partial charge < -0.3 is 4.74 Å². The normalized spacial score (nSPS) is 9.89. The molecule has 0 fully saturated rings. The van der Waals surface area contributed by atoms with Crippen LogP contribution in [0.4, 0.5) is 5.69 Å². The van der Waals surface area contributed by atoms with Gasteiger partial charge in [0, 0.05) is 24.9 Å². The Kier molecular flexibility index (Phi) is 3.38. The summed E-state index contributed by atoms with van der Waals surface area (Å²) in [6, 6.07) is 4.53.